The molecule has 0 atom stereocenters. The van der Waals surface area contributed by atoms with Gasteiger partial charge in [0.2, 0.25) is 11.8 Å². The van der Waals surface area contributed by atoms with Crippen molar-refractivity contribution in [1.82, 2.24) is 15.1 Å². The van der Waals surface area contributed by atoms with Gasteiger partial charge in [0.15, 0.2) is 0 Å². The van der Waals surface area contributed by atoms with Crippen LogP contribution in [0, 0.1) is 5.92 Å². The van der Waals surface area contributed by atoms with Gasteiger partial charge in [-0.1, -0.05) is 30.3 Å². The molecule has 0 radical (unpaired) electrons. The number of rotatable bonds is 7. The van der Waals surface area contributed by atoms with Crippen LogP contribution in [0.2, 0.25) is 0 Å². The van der Waals surface area contributed by atoms with Crippen LogP contribution in [0.15, 0.2) is 30.3 Å². The molecule has 2 heterocycles. The molecule has 0 aromatic heterocycles. The zero-order chi connectivity index (χ0) is 18.9. The van der Waals surface area contributed by atoms with Crippen molar-refractivity contribution in [2.24, 2.45) is 5.92 Å². The normalized spacial score (nSPS) is 19.0. The summed E-state index contributed by atoms with van der Waals surface area (Å²) in [4.78, 5) is 28.7. The molecule has 0 saturated carbocycles. The molecule has 6 heteroatoms. The Balaban J connectivity index is 1.30. The summed E-state index contributed by atoms with van der Waals surface area (Å²) in [6, 6.07) is 9.59. The van der Waals surface area contributed by atoms with Gasteiger partial charge in [-0.05, 0) is 37.3 Å². The van der Waals surface area contributed by atoms with Gasteiger partial charge in [-0.15, -0.1) is 0 Å². The summed E-state index contributed by atoms with van der Waals surface area (Å²) < 4.78 is 5.39. The monoisotopic (exact) mass is 373 g/mol. The van der Waals surface area contributed by atoms with Gasteiger partial charge >= 0.3 is 0 Å². The van der Waals surface area contributed by atoms with E-state index < -0.39 is 0 Å². The molecule has 1 aromatic rings. The second-order valence-corrected chi connectivity index (χ2v) is 7.51. The van der Waals surface area contributed by atoms with E-state index in [4.69, 9.17) is 4.74 Å². The quantitative estimate of drug-likeness (QED) is 0.783. The Kier molecular flexibility index (Phi) is 7.66. The summed E-state index contributed by atoms with van der Waals surface area (Å²) in [6.07, 6.45) is 3.65. The molecule has 0 unspecified atom stereocenters. The highest BCUT2D eigenvalue weighted by Gasteiger charge is 2.23. The summed E-state index contributed by atoms with van der Waals surface area (Å²) in [5.41, 5.74) is 0.962. The first-order chi connectivity index (χ1) is 13.2. The van der Waals surface area contributed by atoms with Crippen LogP contribution in [0.1, 0.15) is 24.8 Å². The van der Waals surface area contributed by atoms with Gasteiger partial charge in [0.05, 0.1) is 26.2 Å². The number of piperidine rings is 1. The second kappa shape index (κ2) is 10.4. The van der Waals surface area contributed by atoms with Gasteiger partial charge in [-0.2, -0.15) is 0 Å². The fourth-order valence-electron chi connectivity index (χ4n) is 3.79. The van der Waals surface area contributed by atoms with E-state index in [1.807, 2.05) is 35.2 Å². The fraction of sp³-hybridized carbons (Fsp3) is 0.619. The molecular formula is C21H31N3O3. The number of amides is 2. The van der Waals surface area contributed by atoms with E-state index in [0.717, 1.165) is 64.3 Å². The van der Waals surface area contributed by atoms with E-state index in [2.05, 4.69) is 10.2 Å². The Morgan fingerprint density at radius 1 is 1.04 bits per heavy atom. The number of hydrogen-bond acceptors (Lipinski definition) is 4. The number of ether oxygens (including phenoxy) is 1. The highest BCUT2D eigenvalue weighted by Crippen LogP contribution is 2.21. The lowest BCUT2D eigenvalue weighted by molar-refractivity contribution is -0.134. The predicted octanol–water partition coefficient (Wildman–Crippen LogP) is 1.31. The average Bonchev–Trinajstić information content (AvgIpc) is 2.72. The van der Waals surface area contributed by atoms with Crippen LogP contribution in [-0.2, 0) is 20.7 Å². The Hall–Kier alpha value is -1.92. The third kappa shape index (κ3) is 6.63. The lowest BCUT2D eigenvalue weighted by Gasteiger charge is -2.34. The van der Waals surface area contributed by atoms with Crippen molar-refractivity contribution in [3.63, 3.8) is 0 Å². The first-order valence-electron chi connectivity index (χ1n) is 10.1. The highest BCUT2D eigenvalue weighted by molar-refractivity contribution is 5.85. The van der Waals surface area contributed by atoms with Gasteiger partial charge in [-0.3, -0.25) is 14.5 Å². The number of likely N-dealkylation sites (tertiary alicyclic amines) is 1. The van der Waals surface area contributed by atoms with E-state index in [0.29, 0.717) is 12.3 Å². The van der Waals surface area contributed by atoms with Gasteiger partial charge < -0.3 is 15.0 Å². The molecule has 2 aliphatic rings. The highest BCUT2D eigenvalue weighted by atomic mass is 16.5. The number of carbonyl (C=O) groups excluding carboxylic acids is 2. The van der Waals surface area contributed by atoms with Crippen LogP contribution in [0.5, 0.6) is 0 Å². The smallest absolute Gasteiger partial charge is 0.241 e. The molecule has 0 bridgehead atoms. The zero-order valence-corrected chi connectivity index (χ0v) is 16.1. The standard InChI is InChI=1S/C21H31N3O3/c25-20(16-19-4-2-1-3-5-19)22-17-21(26)24-10-7-18(8-11-24)6-9-23-12-14-27-15-13-23/h1-5,18H,6-17H2,(H,22,25). The minimum Gasteiger partial charge on any atom is -0.379 e. The molecule has 148 valence electrons. The molecule has 27 heavy (non-hydrogen) atoms. The predicted molar refractivity (Wildman–Crippen MR) is 104 cm³/mol. The number of nitrogens with one attached hydrogen (secondary N) is 1. The van der Waals surface area contributed by atoms with Crippen molar-refractivity contribution < 1.29 is 14.3 Å². The minimum atomic E-state index is -0.102. The Morgan fingerprint density at radius 2 is 1.74 bits per heavy atom. The van der Waals surface area contributed by atoms with Crippen LogP contribution in [0.25, 0.3) is 0 Å². The number of nitrogens with zero attached hydrogens (tertiary/aromatic N) is 2. The van der Waals surface area contributed by atoms with E-state index in [1.165, 1.54) is 6.42 Å². The molecule has 2 fully saturated rings. The Bertz CT molecular complexity index is 594. The second-order valence-electron chi connectivity index (χ2n) is 7.51. The minimum absolute atomic E-state index is 0.0306. The van der Waals surface area contributed by atoms with Crippen LogP contribution in [0.3, 0.4) is 0 Å². The lowest BCUT2D eigenvalue weighted by Crippen LogP contribution is -2.45. The van der Waals surface area contributed by atoms with Crippen LogP contribution in [-0.4, -0.2) is 74.1 Å². The third-order valence-corrected chi connectivity index (χ3v) is 5.57. The summed E-state index contributed by atoms with van der Waals surface area (Å²) in [5, 5.41) is 2.76. The molecule has 1 N–H and O–H groups in total. The van der Waals surface area contributed by atoms with Gasteiger partial charge in [0.25, 0.3) is 0 Å². The van der Waals surface area contributed by atoms with Crippen molar-refractivity contribution in [2.75, 3.05) is 52.5 Å². The molecule has 6 nitrogen and oxygen atoms in total. The molecule has 2 saturated heterocycles. The summed E-state index contributed by atoms with van der Waals surface area (Å²) >= 11 is 0. The maximum Gasteiger partial charge on any atom is 0.241 e. The van der Waals surface area contributed by atoms with Gasteiger partial charge in [0, 0.05) is 26.2 Å². The lowest BCUT2D eigenvalue weighted by atomic mass is 9.93. The van der Waals surface area contributed by atoms with Gasteiger partial charge in [-0.25, -0.2) is 0 Å². The first-order valence-corrected chi connectivity index (χ1v) is 10.1. The SMILES string of the molecule is O=C(Cc1ccccc1)NCC(=O)N1CCC(CCN2CCOCC2)CC1. The van der Waals surface area contributed by atoms with Crippen LogP contribution in [0.4, 0.5) is 0 Å². The van der Waals surface area contributed by atoms with Crippen molar-refractivity contribution in [2.45, 2.75) is 25.7 Å². The molecule has 3 rings (SSSR count). The van der Waals surface area contributed by atoms with Crippen molar-refractivity contribution in [3.05, 3.63) is 35.9 Å². The molecule has 2 amide bonds. The number of carbonyl (C=O) groups is 2. The summed E-state index contributed by atoms with van der Waals surface area (Å²) in [7, 11) is 0. The maximum absolute atomic E-state index is 12.4. The topological polar surface area (TPSA) is 61.9 Å². The van der Waals surface area contributed by atoms with Crippen molar-refractivity contribution in [3.8, 4) is 0 Å². The van der Waals surface area contributed by atoms with Crippen molar-refractivity contribution in [1.29, 1.82) is 0 Å². The Labute approximate surface area is 161 Å². The fourth-order valence-corrected chi connectivity index (χ4v) is 3.79. The number of morpholine rings is 1. The number of hydrogen-bond donors (Lipinski definition) is 1. The Morgan fingerprint density at radius 3 is 2.44 bits per heavy atom. The molecule has 2 aliphatic heterocycles. The van der Waals surface area contributed by atoms with Crippen molar-refractivity contribution >= 4 is 11.8 Å². The molecular weight excluding hydrogens is 342 g/mol. The molecule has 0 aliphatic carbocycles. The van der Waals surface area contributed by atoms with Gasteiger partial charge in [0.1, 0.15) is 0 Å². The largest absolute Gasteiger partial charge is 0.379 e. The molecule has 1 aromatic carbocycles. The van der Waals surface area contributed by atoms with E-state index in [-0.39, 0.29) is 18.4 Å². The third-order valence-electron chi connectivity index (χ3n) is 5.57. The average molecular weight is 373 g/mol. The summed E-state index contributed by atoms with van der Waals surface area (Å²) in [6.45, 7) is 6.63. The van der Waals surface area contributed by atoms with Crippen LogP contribution >= 0.6 is 0 Å². The first kappa shape index (κ1) is 19.8. The van der Waals surface area contributed by atoms with E-state index >= 15 is 0 Å². The van der Waals surface area contributed by atoms with Crippen LogP contribution < -0.4 is 5.32 Å². The summed E-state index contributed by atoms with van der Waals surface area (Å²) in [5.74, 6) is 0.627. The molecule has 0 spiro atoms. The van der Waals surface area contributed by atoms with E-state index in [1.54, 1.807) is 0 Å². The zero-order valence-electron chi connectivity index (χ0n) is 16.1. The van der Waals surface area contributed by atoms with E-state index in [9.17, 15) is 9.59 Å². The number of benzene rings is 1. The maximum atomic E-state index is 12.4.